The van der Waals surface area contributed by atoms with Gasteiger partial charge in [0.1, 0.15) is 6.04 Å². The van der Waals surface area contributed by atoms with Crippen LogP contribution >= 0.6 is 0 Å². The lowest BCUT2D eigenvalue weighted by Gasteiger charge is -2.28. The highest BCUT2D eigenvalue weighted by molar-refractivity contribution is 5.73. The highest BCUT2D eigenvalue weighted by atomic mass is 16.4. The number of aliphatic carboxylic acids is 1. The lowest BCUT2D eigenvalue weighted by atomic mass is 10.2. The van der Waals surface area contributed by atoms with Gasteiger partial charge in [-0.25, -0.2) is 4.79 Å². The Morgan fingerprint density at radius 1 is 1.04 bits per heavy atom. The number of carbonyl (C=O) groups is 1. The fourth-order valence-electron chi connectivity index (χ4n) is 2.80. The Labute approximate surface area is 159 Å². The Balaban J connectivity index is 1.92. The van der Waals surface area contributed by atoms with E-state index in [0.29, 0.717) is 11.4 Å². The standard InChI is InChI=1S/C19H19N5O4/c25-17-7-10-23(19(28)22-17)13-16(18(26)27)24(11-14-5-1-3-8-20-14)12-15-6-2-4-9-21-15/h1-10,16H,11-13H2,(H,26,27)(H,22,25,28)/t16-/m0/s1. The molecule has 3 aromatic rings. The summed E-state index contributed by atoms with van der Waals surface area (Å²) in [6, 6.07) is 11.0. The summed E-state index contributed by atoms with van der Waals surface area (Å²) >= 11 is 0. The van der Waals surface area contributed by atoms with Crippen LogP contribution in [-0.2, 0) is 24.4 Å². The number of nitrogens with one attached hydrogen (secondary N) is 1. The molecule has 0 fully saturated rings. The molecule has 0 aromatic carbocycles. The lowest BCUT2D eigenvalue weighted by molar-refractivity contribution is -0.144. The van der Waals surface area contributed by atoms with Gasteiger partial charge in [-0.1, -0.05) is 12.1 Å². The van der Waals surface area contributed by atoms with Crippen molar-refractivity contribution >= 4 is 5.97 Å². The van der Waals surface area contributed by atoms with Crippen LogP contribution in [-0.4, -0.2) is 41.5 Å². The van der Waals surface area contributed by atoms with Gasteiger partial charge in [-0.2, -0.15) is 0 Å². The topological polar surface area (TPSA) is 121 Å². The van der Waals surface area contributed by atoms with Crippen LogP contribution in [0.3, 0.4) is 0 Å². The summed E-state index contributed by atoms with van der Waals surface area (Å²) in [5.41, 5.74) is 0.193. The van der Waals surface area contributed by atoms with Gasteiger partial charge in [0.2, 0.25) is 0 Å². The number of nitrogens with zero attached hydrogens (tertiary/aromatic N) is 4. The third-order valence-electron chi connectivity index (χ3n) is 4.17. The SMILES string of the molecule is O=C(O)[C@H](Cn1ccc(=O)[nH]c1=O)N(Cc1ccccn1)Cc1ccccn1. The molecule has 0 radical (unpaired) electrons. The molecule has 0 saturated heterocycles. The lowest BCUT2D eigenvalue weighted by Crippen LogP contribution is -2.45. The molecule has 0 amide bonds. The monoisotopic (exact) mass is 381 g/mol. The van der Waals surface area contributed by atoms with Crippen molar-refractivity contribution in [1.29, 1.82) is 0 Å². The molecule has 9 nitrogen and oxygen atoms in total. The van der Waals surface area contributed by atoms with Gasteiger partial charge in [-0.15, -0.1) is 0 Å². The highest BCUT2D eigenvalue weighted by Gasteiger charge is 2.27. The van der Waals surface area contributed by atoms with Gasteiger partial charge in [0.25, 0.3) is 5.56 Å². The second kappa shape index (κ2) is 8.87. The van der Waals surface area contributed by atoms with Gasteiger partial charge in [-0.05, 0) is 24.3 Å². The zero-order chi connectivity index (χ0) is 19.9. The first kappa shape index (κ1) is 19.2. The van der Waals surface area contributed by atoms with Crippen LogP contribution in [0.15, 0.2) is 70.6 Å². The number of carboxylic acid groups (broad SMARTS) is 1. The van der Waals surface area contributed by atoms with E-state index in [0.717, 1.165) is 0 Å². The van der Waals surface area contributed by atoms with Crippen molar-refractivity contribution in [1.82, 2.24) is 24.4 Å². The molecule has 3 aromatic heterocycles. The fraction of sp³-hybridized carbons (Fsp3) is 0.211. The molecular weight excluding hydrogens is 362 g/mol. The molecule has 2 N–H and O–H groups in total. The van der Waals surface area contributed by atoms with E-state index in [2.05, 4.69) is 15.0 Å². The van der Waals surface area contributed by atoms with E-state index in [9.17, 15) is 19.5 Å². The second-order valence-electron chi connectivity index (χ2n) is 6.16. The smallest absolute Gasteiger partial charge is 0.328 e. The number of pyridine rings is 2. The molecule has 0 aliphatic carbocycles. The van der Waals surface area contributed by atoms with Crippen molar-refractivity contribution in [3.8, 4) is 0 Å². The molecule has 3 heterocycles. The number of aromatic amines is 1. The van der Waals surface area contributed by atoms with Crippen molar-refractivity contribution in [3.63, 3.8) is 0 Å². The van der Waals surface area contributed by atoms with Gasteiger partial charge in [0.05, 0.1) is 17.9 Å². The molecule has 144 valence electrons. The summed E-state index contributed by atoms with van der Waals surface area (Å²) in [6.07, 6.45) is 4.56. The molecule has 0 saturated carbocycles. The van der Waals surface area contributed by atoms with Crippen LogP contribution in [0, 0.1) is 0 Å². The molecule has 1 atom stereocenters. The number of rotatable bonds is 8. The summed E-state index contributed by atoms with van der Waals surface area (Å²) < 4.78 is 1.17. The normalized spacial score (nSPS) is 12.0. The number of H-pyrrole nitrogens is 1. The second-order valence-corrected chi connectivity index (χ2v) is 6.16. The average Bonchev–Trinajstić information content (AvgIpc) is 2.68. The van der Waals surface area contributed by atoms with E-state index in [1.165, 1.54) is 16.8 Å². The predicted molar refractivity (Wildman–Crippen MR) is 100 cm³/mol. The minimum absolute atomic E-state index is 0.134. The largest absolute Gasteiger partial charge is 0.480 e. The molecule has 0 bridgehead atoms. The Bertz CT molecular complexity index is 992. The van der Waals surface area contributed by atoms with Crippen molar-refractivity contribution < 1.29 is 9.90 Å². The van der Waals surface area contributed by atoms with E-state index in [-0.39, 0.29) is 19.6 Å². The summed E-state index contributed by atoms with van der Waals surface area (Å²) in [5, 5.41) is 9.84. The molecule has 0 spiro atoms. The Hall–Kier alpha value is -3.59. The fourth-order valence-corrected chi connectivity index (χ4v) is 2.80. The van der Waals surface area contributed by atoms with Crippen molar-refractivity contribution in [3.05, 3.63) is 93.3 Å². The van der Waals surface area contributed by atoms with Gasteiger partial charge < -0.3 is 5.11 Å². The first-order valence-electron chi connectivity index (χ1n) is 8.59. The van der Waals surface area contributed by atoms with E-state index in [1.807, 2.05) is 12.1 Å². The summed E-state index contributed by atoms with van der Waals surface area (Å²) in [5.74, 6) is -1.09. The van der Waals surface area contributed by atoms with Crippen LogP contribution in [0.5, 0.6) is 0 Å². The van der Waals surface area contributed by atoms with Crippen molar-refractivity contribution in [2.45, 2.75) is 25.7 Å². The molecule has 0 aliphatic heterocycles. The third kappa shape index (κ3) is 4.98. The van der Waals surface area contributed by atoms with Gasteiger partial charge in [-0.3, -0.25) is 34.0 Å². The minimum Gasteiger partial charge on any atom is -0.480 e. The maximum absolute atomic E-state index is 12.0. The van der Waals surface area contributed by atoms with Crippen LogP contribution in [0.2, 0.25) is 0 Å². The first-order valence-corrected chi connectivity index (χ1v) is 8.59. The van der Waals surface area contributed by atoms with Crippen LogP contribution in [0.25, 0.3) is 0 Å². The summed E-state index contributed by atoms with van der Waals surface area (Å²) in [7, 11) is 0. The Kier molecular flexibility index (Phi) is 6.07. The van der Waals surface area contributed by atoms with Crippen LogP contribution in [0.4, 0.5) is 0 Å². The molecule has 3 rings (SSSR count). The van der Waals surface area contributed by atoms with Crippen molar-refractivity contribution in [2.75, 3.05) is 0 Å². The maximum atomic E-state index is 12.0. The Morgan fingerprint density at radius 3 is 2.11 bits per heavy atom. The highest BCUT2D eigenvalue weighted by Crippen LogP contribution is 2.13. The molecule has 0 aliphatic rings. The first-order chi connectivity index (χ1) is 13.5. The third-order valence-corrected chi connectivity index (χ3v) is 4.17. The van der Waals surface area contributed by atoms with Crippen molar-refractivity contribution in [2.24, 2.45) is 0 Å². The predicted octanol–water partition coefficient (Wildman–Crippen LogP) is 0.482. The van der Waals surface area contributed by atoms with Gasteiger partial charge in [0, 0.05) is 37.7 Å². The zero-order valence-corrected chi connectivity index (χ0v) is 14.9. The van der Waals surface area contributed by atoms with Gasteiger partial charge >= 0.3 is 11.7 Å². The number of hydrogen-bond donors (Lipinski definition) is 2. The van der Waals surface area contributed by atoms with Crippen LogP contribution < -0.4 is 11.2 Å². The quantitative estimate of drug-likeness (QED) is 0.582. The van der Waals surface area contributed by atoms with E-state index in [1.54, 1.807) is 41.6 Å². The molecule has 28 heavy (non-hydrogen) atoms. The van der Waals surface area contributed by atoms with E-state index in [4.69, 9.17) is 0 Å². The maximum Gasteiger partial charge on any atom is 0.328 e. The Morgan fingerprint density at radius 2 is 1.64 bits per heavy atom. The summed E-state index contributed by atoms with van der Waals surface area (Å²) in [6.45, 7) is 0.379. The number of hydrogen-bond acceptors (Lipinski definition) is 6. The molecule has 0 unspecified atom stereocenters. The van der Waals surface area contributed by atoms with E-state index >= 15 is 0 Å². The number of carboxylic acids is 1. The molecular formula is C19H19N5O4. The minimum atomic E-state index is -1.09. The number of aromatic nitrogens is 4. The molecule has 9 heteroatoms. The van der Waals surface area contributed by atoms with Gasteiger partial charge in [0.15, 0.2) is 0 Å². The zero-order valence-electron chi connectivity index (χ0n) is 14.9. The summed E-state index contributed by atoms with van der Waals surface area (Å²) in [4.78, 5) is 47.7. The average molecular weight is 381 g/mol. The van der Waals surface area contributed by atoms with E-state index < -0.39 is 23.3 Å². The van der Waals surface area contributed by atoms with Crippen LogP contribution in [0.1, 0.15) is 11.4 Å².